The van der Waals surface area contributed by atoms with Gasteiger partial charge in [0.05, 0.1) is 25.8 Å². The Balaban J connectivity index is 1.60. The number of benzene rings is 2. The third-order valence-corrected chi connectivity index (χ3v) is 4.05. The molecule has 1 aromatic heterocycles. The summed E-state index contributed by atoms with van der Waals surface area (Å²) in [6, 6.07) is 13.2. The van der Waals surface area contributed by atoms with Gasteiger partial charge >= 0.3 is 0 Å². The van der Waals surface area contributed by atoms with Gasteiger partial charge in [-0.15, -0.1) is 0 Å². The number of nitrogens with one attached hydrogen (secondary N) is 2. The summed E-state index contributed by atoms with van der Waals surface area (Å²) in [5.74, 6) is 5.01. The minimum absolute atomic E-state index is 0.186. The van der Waals surface area contributed by atoms with Crippen molar-refractivity contribution in [3.8, 4) is 0 Å². The first-order chi connectivity index (χ1) is 13.2. The molecule has 4 N–H and O–H groups in total. The molecule has 2 aromatic carbocycles. The quantitative estimate of drug-likeness (QED) is 0.188. The SMILES string of the molecule is N/N=C\c1c[nH]c2cc(NC(=O)CCOCc3ccccc3)cc(C=O)c12. The van der Waals surface area contributed by atoms with E-state index in [4.69, 9.17) is 10.6 Å². The van der Waals surface area contributed by atoms with Crippen molar-refractivity contribution in [3.05, 3.63) is 65.4 Å². The van der Waals surface area contributed by atoms with Gasteiger partial charge in [0.15, 0.2) is 6.29 Å². The highest BCUT2D eigenvalue weighted by atomic mass is 16.5. The van der Waals surface area contributed by atoms with Gasteiger partial charge in [0, 0.05) is 33.9 Å². The van der Waals surface area contributed by atoms with Crippen LogP contribution >= 0.6 is 0 Å². The van der Waals surface area contributed by atoms with Crippen LogP contribution in [0.15, 0.2) is 53.8 Å². The summed E-state index contributed by atoms with van der Waals surface area (Å²) in [6.07, 6.45) is 4.13. The lowest BCUT2D eigenvalue weighted by atomic mass is 10.1. The van der Waals surface area contributed by atoms with E-state index in [-0.39, 0.29) is 12.3 Å². The average Bonchev–Trinajstić information content (AvgIpc) is 3.08. The second kappa shape index (κ2) is 8.77. The molecule has 27 heavy (non-hydrogen) atoms. The summed E-state index contributed by atoms with van der Waals surface area (Å²) < 4.78 is 5.52. The molecule has 7 nitrogen and oxygen atoms in total. The maximum Gasteiger partial charge on any atom is 0.226 e. The molecule has 0 aliphatic carbocycles. The summed E-state index contributed by atoms with van der Waals surface area (Å²) in [6.45, 7) is 0.770. The first-order valence-corrected chi connectivity index (χ1v) is 8.46. The lowest BCUT2D eigenvalue weighted by molar-refractivity contribution is -0.117. The molecule has 0 spiro atoms. The molecule has 3 aromatic rings. The number of hydrazone groups is 1. The first kappa shape index (κ1) is 18.3. The molecular weight excluding hydrogens is 344 g/mol. The number of aromatic nitrogens is 1. The van der Waals surface area contributed by atoms with E-state index in [0.717, 1.165) is 11.8 Å². The molecule has 0 aliphatic rings. The van der Waals surface area contributed by atoms with Crippen molar-refractivity contribution in [3.63, 3.8) is 0 Å². The summed E-state index contributed by atoms with van der Waals surface area (Å²) in [5, 5.41) is 7.00. The van der Waals surface area contributed by atoms with E-state index in [2.05, 4.69) is 15.4 Å². The standard InChI is InChI=1S/C20H20N4O3/c21-23-11-16-10-22-18-9-17(8-15(12-25)20(16)18)24-19(26)6-7-27-13-14-4-2-1-3-5-14/h1-5,8-12,22H,6-7,13,21H2,(H,24,26)/b23-11-. The third kappa shape index (κ3) is 4.59. The van der Waals surface area contributed by atoms with Crippen LogP contribution in [0.3, 0.4) is 0 Å². The van der Waals surface area contributed by atoms with Crippen molar-refractivity contribution in [2.24, 2.45) is 10.9 Å². The smallest absolute Gasteiger partial charge is 0.226 e. The van der Waals surface area contributed by atoms with Crippen molar-refractivity contribution in [1.82, 2.24) is 4.98 Å². The fourth-order valence-corrected chi connectivity index (χ4v) is 2.83. The number of fused-ring (bicyclic) bond motifs is 1. The minimum atomic E-state index is -0.186. The fraction of sp³-hybridized carbons (Fsp3) is 0.150. The highest BCUT2D eigenvalue weighted by Gasteiger charge is 2.11. The van der Waals surface area contributed by atoms with Gasteiger partial charge in [0.25, 0.3) is 0 Å². The normalized spacial score (nSPS) is 11.1. The van der Waals surface area contributed by atoms with Crippen molar-refractivity contribution in [1.29, 1.82) is 0 Å². The molecule has 0 unspecified atom stereocenters. The maximum atomic E-state index is 12.1. The number of rotatable bonds is 8. The van der Waals surface area contributed by atoms with Gasteiger partial charge in [-0.25, -0.2) is 0 Å². The minimum Gasteiger partial charge on any atom is -0.376 e. The molecule has 3 rings (SSSR count). The molecule has 0 saturated heterocycles. The van der Waals surface area contributed by atoms with Crippen molar-refractivity contribution >= 4 is 35.0 Å². The Morgan fingerprint density at radius 2 is 2.04 bits per heavy atom. The summed E-state index contributed by atoms with van der Waals surface area (Å²) in [5.41, 5.74) is 3.46. The van der Waals surface area contributed by atoms with Crippen LogP contribution in [-0.2, 0) is 16.1 Å². The van der Waals surface area contributed by atoms with E-state index in [0.29, 0.717) is 40.9 Å². The second-order valence-electron chi connectivity index (χ2n) is 5.96. The Kier molecular flexibility index (Phi) is 5.96. The molecule has 0 atom stereocenters. The summed E-state index contributed by atoms with van der Waals surface area (Å²) >= 11 is 0. The number of aromatic amines is 1. The number of anilines is 1. The molecule has 0 aliphatic heterocycles. The molecule has 1 amide bonds. The molecule has 0 radical (unpaired) electrons. The van der Waals surface area contributed by atoms with Gasteiger partial charge < -0.3 is 20.9 Å². The molecule has 138 valence electrons. The van der Waals surface area contributed by atoms with Gasteiger partial charge in [-0.2, -0.15) is 5.10 Å². The van der Waals surface area contributed by atoms with Crippen LogP contribution in [0, 0.1) is 0 Å². The summed E-state index contributed by atoms with van der Waals surface area (Å²) in [7, 11) is 0. The Morgan fingerprint density at radius 3 is 2.78 bits per heavy atom. The fourth-order valence-electron chi connectivity index (χ4n) is 2.83. The number of amides is 1. The number of nitrogens with zero attached hydrogens (tertiary/aromatic N) is 1. The Labute approximate surface area is 156 Å². The lowest BCUT2D eigenvalue weighted by Crippen LogP contribution is -2.14. The number of hydrogen-bond acceptors (Lipinski definition) is 5. The van der Waals surface area contributed by atoms with Crippen LogP contribution in [0.5, 0.6) is 0 Å². The zero-order chi connectivity index (χ0) is 19.1. The maximum absolute atomic E-state index is 12.1. The van der Waals surface area contributed by atoms with Crippen LogP contribution in [0.4, 0.5) is 5.69 Å². The Morgan fingerprint density at radius 1 is 1.22 bits per heavy atom. The average molecular weight is 364 g/mol. The topological polar surface area (TPSA) is 110 Å². The molecule has 0 saturated carbocycles. The number of H-pyrrole nitrogens is 1. The monoisotopic (exact) mass is 364 g/mol. The molecule has 0 bridgehead atoms. The van der Waals surface area contributed by atoms with E-state index in [1.54, 1.807) is 18.3 Å². The molecule has 7 heteroatoms. The second-order valence-corrected chi connectivity index (χ2v) is 5.96. The van der Waals surface area contributed by atoms with Crippen LogP contribution in [-0.4, -0.2) is 30.0 Å². The lowest BCUT2D eigenvalue weighted by Gasteiger charge is -2.08. The zero-order valence-electron chi connectivity index (χ0n) is 14.6. The highest BCUT2D eigenvalue weighted by Crippen LogP contribution is 2.25. The number of carbonyl (C=O) groups is 2. The number of nitrogens with two attached hydrogens (primary N) is 1. The van der Waals surface area contributed by atoms with Crippen LogP contribution in [0.25, 0.3) is 10.9 Å². The third-order valence-electron chi connectivity index (χ3n) is 4.05. The highest BCUT2D eigenvalue weighted by molar-refractivity contribution is 6.09. The van der Waals surface area contributed by atoms with Crippen LogP contribution in [0.2, 0.25) is 0 Å². The van der Waals surface area contributed by atoms with Gasteiger partial charge in [0.1, 0.15) is 0 Å². The van der Waals surface area contributed by atoms with Gasteiger partial charge in [0.2, 0.25) is 5.91 Å². The number of hydrogen-bond donors (Lipinski definition) is 3. The largest absolute Gasteiger partial charge is 0.376 e. The number of aldehydes is 1. The number of carbonyl (C=O) groups excluding carboxylic acids is 2. The Hall–Kier alpha value is -3.45. The number of ether oxygens (including phenoxy) is 1. The van der Waals surface area contributed by atoms with Crippen LogP contribution in [0.1, 0.15) is 27.9 Å². The van der Waals surface area contributed by atoms with E-state index < -0.39 is 0 Å². The molecule has 1 heterocycles. The molecule has 0 fully saturated rings. The first-order valence-electron chi connectivity index (χ1n) is 8.46. The predicted molar refractivity (Wildman–Crippen MR) is 105 cm³/mol. The van der Waals surface area contributed by atoms with Crippen molar-refractivity contribution in [2.75, 3.05) is 11.9 Å². The van der Waals surface area contributed by atoms with Gasteiger partial charge in [-0.05, 0) is 17.7 Å². The zero-order valence-corrected chi connectivity index (χ0v) is 14.6. The van der Waals surface area contributed by atoms with E-state index in [1.165, 1.54) is 6.21 Å². The summed E-state index contributed by atoms with van der Waals surface area (Å²) in [4.78, 5) is 26.6. The predicted octanol–water partition coefficient (Wildman–Crippen LogP) is 2.82. The van der Waals surface area contributed by atoms with Gasteiger partial charge in [-0.3, -0.25) is 9.59 Å². The van der Waals surface area contributed by atoms with Crippen molar-refractivity contribution in [2.45, 2.75) is 13.0 Å². The van der Waals surface area contributed by atoms with E-state index in [9.17, 15) is 9.59 Å². The van der Waals surface area contributed by atoms with E-state index >= 15 is 0 Å². The van der Waals surface area contributed by atoms with Gasteiger partial charge in [-0.1, -0.05) is 30.3 Å². The van der Waals surface area contributed by atoms with Crippen LogP contribution < -0.4 is 11.2 Å². The van der Waals surface area contributed by atoms with E-state index in [1.807, 2.05) is 30.3 Å². The molecular formula is C20H20N4O3. The Bertz CT molecular complexity index is 964. The van der Waals surface area contributed by atoms with Crippen molar-refractivity contribution < 1.29 is 14.3 Å².